The van der Waals surface area contributed by atoms with E-state index in [0.717, 1.165) is 0 Å². The second-order valence-electron chi connectivity index (χ2n) is 7.81. The van der Waals surface area contributed by atoms with E-state index in [9.17, 15) is 13.2 Å². The van der Waals surface area contributed by atoms with Gasteiger partial charge in [-0.25, -0.2) is 23.1 Å². The number of aromatic nitrogens is 2. The molecule has 0 saturated carbocycles. The minimum absolute atomic E-state index is 0.0203. The molecule has 0 aliphatic rings. The summed E-state index contributed by atoms with van der Waals surface area (Å²) in [6, 6.07) is 13.4. The first-order valence-corrected chi connectivity index (χ1v) is 13.2. The molecule has 9 nitrogen and oxygen atoms in total. The zero-order valence-corrected chi connectivity index (χ0v) is 22.5. The maximum atomic E-state index is 12.7. The zero-order chi connectivity index (χ0) is 26.7. The summed E-state index contributed by atoms with van der Waals surface area (Å²) in [6.07, 6.45) is 0. The van der Waals surface area contributed by atoms with Crippen LogP contribution in [-0.2, 0) is 16.6 Å². The van der Waals surface area contributed by atoms with Crippen LogP contribution in [0.4, 0.5) is 11.6 Å². The summed E-state index contributed by atoms with van der Waals surface area (Å²) in [5.74, 6) is 0.0635. The molecule has 0 fully saturated rings. The first kappa shape index (κ1) is 26.7. The maximum Gasteiger partial charge on any atom is 0.291 e. The Bertz CT molecular complexity index is 1530. The van der Waals surface area contributed by atoms with E-state index in [4.69, 9.17) is 44.0 Å². The van der Waals surface area contributed by atoms with E-state index in [0.29, 0.717) is 27.9 Å². The number of rotatable bonds is 8. The van der Waals surface area contributed by atoms with Gasteiger partial charge in [-0.3, -0.25) is 4.79 Å². The van der Waals surface area contributed by atoms with Crippen molar-refractivity contribution < 1.29 is 22.4 Å². The first-order valence-electron chi connectivity index (χ1n) is 10.6. The fourth-order valence-electron chi connectivity index (χ4n) is 3.25. The van der Waals surface area contributed by atoms with E-state index >= 15 is 0 Å². The smallest absolute Gasteiger partial charge is 0.291 e. The average molecular weight is 582 g/mol. The van der Waals surface area contributed by atoms with Crippen LogP contribution in [0.15, 0.2) is 63.9 Å². The number of benzene rings is 2. The Balaban J connectivity index is 1.38. The van der Waals surface area contributed by atoms with Gasteiger partial charge < -0.3 is 14.5 Å². The first-order chi connectivity index (χ1) is 17.5. The number of carbonyl (C=O) groups excluding carboxylic acids is 1. The number of ether oxygens (including phenoxy) is 1. The lowest BCUT2D eigenvalue weighted by Gasteiger charge is -2.09. The summed E-state index contributed by atoms with van der Waals surface area (Å²) in [6.45, 7) is 3.45. The molecule has 0 aliphatic carbocycles. The van der Waals surface area contributed by atoms with Crippen LogP contribution in [0.3, 0.4) is 0 Å². The number of sulfonamides is 1. The fraction of sp³-hybridized carbons (Fsp3) is 0.125. The molecule has 192 valence electrons. The predicted molar refractivity (Wildman–Crippen MR) is 141 cm³/mol. The standard InChI is InChI=1S/C24H19Cl3N4O5S/c1-13-9-14(2)29-24(28-13)31-37(33,34)18-6-3-16(4-7-18)30-23(32)21-8-5-17(36-21)12-35-22-19(26)10-15(25)11-20(22)27/h3-11H,12H2,1-2H3,(H,30,32)(H,28,29,31). The molecular formula is C24H19Cl3N4O5S. The van der Waals surface area contributed by atoms with Gasteiger partial charge in [-0.1, -0.05) is 34.8 Å². The minimum Gasteiger partial charge on any atom is -0.483 e. The Kier molecular flexibility index (Phi) is 7.93. The van der Waals surface area contributed by atoms with Crippen molar-refractivity contribution in [2.24, 2.45) is 0 Å². The van der Waals surface area contributed by atoms with Crippen molar-refractivity contribution in [3.8, 4) is 5.75 Å². The molecule has 4 rings (SSSR count). The summed E-state index contributed by atoms with van der Waals surface area (Å²) in [4.78, 5) is 20.7. The van der Waals surface area contributed by atoms with E-state index in [2.05, 4.69) is 20.0 Å². The molecule has 2 aromatic carbocycles. The Hall–Kier alpha value is -3.31. The van der Waals surface area contributed by atoms with Crippen LogP contribution < -0.4 is 14.8 Å². The molecule has 0 spiro atoms. The highest BCUT2D eigenvalue weighted by Gasteiger charge is 2.18. The van der Waals surface area contributed by atoms with Crippen LogP contribution in [0.1, 0.15) is 27.7 Å². The molecule has 37 heavy (non-hydrogen) atoms. The SMILES string of the molecule is Cc1cc(C)nc(NS(=O)(=O)c2ccc(NC(=O)c3ccc(COc4c(Cl)cc(Cl)cc4Cl)o3)cc2)n1. The second-order valence-corrected chi connectivity index (χ2v) is 10.7. The van der Waals surface area contributed by atoms with Gasteiger partial charge in [0.25, 0.3) is 15.9 Å². The summed E-state index contributed by atoms with van der Waals surface area (Å²) in [7, 11) is -3.93. The number of hydrogen-bond acceptors (Lipinski definition) is 7. The Morgan fingerprint density at radius 2 is 1.57 bits per heavy atom. The molecule has 0 radical (unpaired) electrons. The third kappa shape index (κ3) is 6.72. The largest absolute Gasteiger partial charge is 0.483 e. The second kappa shape index (κ2) is 11.0. The number of nitrogens with zero attached hydrogens (tertiary/aromatic N) is 2. The molecule has 2 aromatic heterocycles. The lowest BCUT2D eigenvalue weighted by Crippen LogP contribution is -2.16. The van der Waals surface area contributed by atoms with Crippen molar-refractivity contribution in [2.45, 2.75) is 25.3 Å². The molecule has 2 N–H and O–H groups in total. The van der Waals surface area contributed by atoms with E-state index in [1.54, 1.807) is 26.0 Å². The molecule has 4 aromatic rings. The maximum absolute atomic E-state index is 12.7. The number of furan rings is 1. The van der Waals surface area contributed by atoms with Crippen LogP contribution >= 0.6 is 34.8 Å². The number of halogens is 3. The van der Waals surface area contributed by atoms with Gasteiger partial charge >= 0.3 is 0 Å². The van der Waals surface area contributed by atoms with Crippen molar-refractivity contribution in [1.82, 2.24) is 9.97 Å². The van der Waals surface area contributed by atoms with Crippen molar-refractivity contribution in [1.29, 1.82) is 0 Å². The molecule has 0 atom stereocenters. The van der Waals surface area contributed by atoms with Crippen LogP contribution in [0, 0.1) is 13.8 Å². The number of anilines is 2. The minimum atomic E-state index is -3.93. The zero-order valence-electron chi connectivity index (χ0n) is 19.4. The highest BCUT2D eigenvalue weighted by atomic mass is 35.5. The van der Waals surface area contributed by atoms with Crippen molar-refractivity contribution in [2.75, 3.05) is 10.0 Å². The third-order valence-corrected chi connectivity index (χ3v) is 6.96. The van der Waals surface area contributed by atoms with Crippen LogP contribution in [0.25, 0.3) is 0 Å². The molecule has 0 bridgehead atoms. The van der Waals surface area contributed by atoms with E-state index in [1.165, 1.54) is 42.5 Å². The van der Waals surface area contributed by atoms with Crippen molar-refractivity contribution in [3.05, 3.63) is 92.6 Å². The fourth-order valence-corrected chi connectivity index (χ4v) is 5.12. The summed E-state index contributed by atoms with van der Waals surface area (Å²) in [5, 5.41) is 3.49. The van der Waals surface area contributed by atoms with Crippen molar-refractivity contribution >= 4 is 62.4 Å². The quantitative estimate of drug-likeness (QED) is 0.251. The van der Waals surface area contributed by atoms with Crippen LogP contribution in [-0.4, -0.2) is 24.3 Å². The molecule has 1 amide bonds. The van der Waals surface area contributed by atoms with Gasteiger partial charge in [0.2, 0.25) is 5.95 Å². The molecular weight excluding hydrogens is 563 g/mol. The third-order valence-electron chi connectivity index (χ3n) is 4.84. The summed E-state index contributed by atoms with van der Waals surface area (Å²) in [5.41, 5.74) is 1.63. The predicted octanol–water partition coefficient (Wildman–Crippen LogP) is 6.28. The van der Waals surface area contributed by atoms with Gasteiger partial charge in [0.05, 0.1) is 14.9 Å². The normalized spacial score (nSPS) is 11.3. The Morgan fingerprint density at radius 1 is 0.946 bits per heavy atom. The number of hydrogen-bond donors (Lipinski definition) is 2. The topological polar surface area (TPSA) is 123 Å². The monoisotopic (exact) mass is 580 g/mol. The average Bonchev–Trinajstić information content (AvgIpc) is 3.27. The van der Waals surface area contributed by atoms with Crippen molar-refractivity contribution in [3.63, 3.8) is 0 Å². The summed E-state index contributed by atoms with van der Waals surface area (Å²) >= 11 is 18.1. The molecule has 0 aliphatic heterocycles. The van der Waals surface area contributed by atoms with Gasteiger partial charge in [0.15, 0.2) is 11.5 Å². The van der Waals surface area contributed by atoms with Gasteiger partial charge in [-0.15, -0.1) is 0 Å². The highest BCUT2D eigenvalue weighted by Crippen LogP contribution is 2.36. The number of carbonyl (C=O) groups is 1. The van der Waals surface area contributed by atoms with E-state index in [1.807, 2.05) is 0 Å². The van der Waals surface area contributed by atoms with Gasteiger partial charge in [-0.2, -0.15) is 0 Å². The molecule has 0 unspecified atom stereocenters. The number of aryl methyl sites for hydroxylation is 2. The molecule has 0 saturated heterocycles. The lowest BCUT2D eigenvalue weighted by atomic mass is 10.3. The van der Waals surface area contributed by atoms with E-state index in [-0.39, 0.29) is 39.0 Å². The highest BCUT2D eigenvalue weighted by molar-refractivity contribution is 7.92. The Morgan fingerprint density at radius 3 is 2.19 bits per heavy atom. The molecule has 2 heterocycles. The van der Waals surface area contributed by atoms with Crippen LogP contribution in [0.5, 0.6) is 5.75 Å². The summed E-state index contributed by atoms with van der Waals surface area (Å²) < 4.78 is 38.8. The van der Waals surface area contributed by atoms with Gasteiger partial charge in [0, 0.05) is 22.1 Å². The lowest BCUT2D eigenvalue weighted by molar-refractivity contribution is 0.0992. The molecule has 13 heteroatoms. The van der Waals surface area contributed by atoms with Gasteiger partial charge in [0.1, 0.15) is 12.4 Å². The Labute approximate surface area is 227 Å². The van der Waals surface area contributed by atoms with Crippen LogP contribution in [0.2, 0.25) is 15.1 Å². The number of amides is 1. The van der Waals surface area contributed by atoms with Gasteiger partial charge in [-0.05, 0) is 68.4 Å². The number of nitrogens with one attached hydrogen (secondary N) is 2. The van der Waals surface area contributed by atoms with E-state index < -0.39 is 15.9 Å².